The first-order chi connectivity index (χ1) is 16.5. The zero-order valence-electron chi connectivity index (χ0n) is 19.5. The van der Waals surface area contributed by atoms with E-state index in [1.54, 1.807) is 0 Å². The summed E-state index contributed by atoms with van der Waals surface area (Å²) in [6, 6.07) is 25.2. The second-order valence-electron chi connectivity index (χ2n) is 9.71. The smallest absolute Gasteiger partial charge is 0.266 e. The van der Waals surface area contributed by atoms with E-state index in [-0.39, 0.29) is 17.5 Å². The number of benzene rings is 3. The lowest BCUT2D eigenvalue weighted by Gasteiger charge is -2.34. The Bertz CT molecular complexity index is 1410. The Balaban J connectivity index is 1.31. The van der Waals surface area contributed by atoms with Crippen molar-refractivity contribution in [1.82, 2.24) is 9.47 Å². The number of aromatic nitrogens is 2. The highest BCUT2D eigenvalue weighted by atomic mass is 79.9. The van der Waals surface area contributed by atoms with E-state index in [4.69, 9.17) is 0 Å². The monoisotopic (exact) mass is 515 g/mol. The third kappa shape index (κ3) is 3.19. The minimum atomic E-state index is -0.0285. The number of imidazole rings is 1. The number of hydrogen-bond donors (Lipinski definition) is 0. The molecule has 6 rings (SSSR count). The van der Waals surface area contributed by atoms with Crippen LogP contribution >= 0.6 is 15.9 Å². The van der Waals surface area contributed by atoms with Crippen molar-refractivity contribution >= 4 is 38.6 Å². The number of amides is 1. The van der Waals surface area contributed by atoms with Gasteiger partial charge in [0.15, 0.2) is 17.6 Å². The van der Waals surface area contributed by atoms with Crippen molar-refractivity contribution in [3.63, 3.8) is 0 Å². The molecule has 2 atom stereocenters. The lowest BCUT2D eigenvalue weighted by molar-refractivity contribution is -0.663. The maximum Gasteiger partial charge on any atom is 0.266 e. The fraction of sp³-hybridized carbons (Fsp3) is 0.286. The van der Waals surface area contributed by atoms with Crippen LogP contribution < -0.4 is 9.47 Å². The molecule has 0 saturated carbocycles. The van der Waals surface area contributed by atoms with Gasteiger partial charge in [0.1, 0.15) is 12.7 Å². The van der Waals surface area contributed by atoms with Crippen LogP contribution in [0.3, 0.4) is 0 Å². The molecule has 6 heteroatoms. The summed E-state index contributed by atoms with van der Waals surface area (Å²) in [5.41, 5.74) is 5.98. The van der Waals surface area contributed by atoms with Crippen molar-refractivity contribution in [3.8, 4) is 0 Å². The van der Waals surface area contributed by atoms with Gasteiger partial charge in [-0.15, -0.1) is 0 Å². The minimum absolute atomic E-state index is 0.0285. The number of fused-ring (bicyclic) bond motifs is 4. The summed E-state index contributed by atoms with van der Waals surface area (Å²) in [6.45, 7) is 4.17. The Hall–Kier alpha value is -3.12. The standard InChI is InChI=1S/C28H28BrN4O/c1-28-15-16-33(27(28)30(2)23-12-6-4-10-21(23)28)26(34)18-32-19-31(24-13-7-8-14-25(24)32)17-20-9-3-5-11-22(20)29/h3-14,19,27H,15-18H2,1-2H3/q+1. The predicted octanol–water partition coefficient (Wildman–Crippen LogP) is 4.71. The molecule has 5 nitrogen and oxygen atoms in total. The van der Waals surface area contributed by atoms with E-state index in [0.29, 0.717) is 6.54 Å². The van der Waals surface area contributed by atoms with Gasteiger partial charge in [-0.2, -0.15) is 0 Å². The summed E-state index contributed by atoms with van der Waals surface area (Å²) < 4.78 is 5.43. The molecule has 1 saturated heterocycles. The van der Waals surface area contributed by atoms with E-state index >= 15 is 0 Å². The second-order valence-corrected chi connectivity index (χ2v) is 10.6. The fourth-order valence-corrected chi connectivity index (χ4v) is 6.47. The third-order valence-corrected chi connectivity index (χ3v) is 8.48. The molecular formula is C28H28BrN4O+. The lowest BCUT2D eigenvalue weighted by atomic mass is 9.81. The number of likely N-dealkylation sites (tertiary alicyclic amines) is 1. The van der Waals surface area contributed by atoms with Gasteiger partial charge >= 0.3 is 0 Å². The highest BCUT2D eigenvalue weighted by Gasteiger charge is 2.54. The van der Waals surface area contributed by atoms with Crippen LogP contribution in [-0.4, -0.2) is 35.1 Å². The van der Waals surface area contributed by atoms with E-state index in [9.17, 15) is 4.79 Å². The summed E-state index contributed by atoms with van der Waals surface area (Å²) in [5, 5.41) is 0. The van der Waals surface area contributed by atoms with Crippen molar-refractivity contribution in [3.05, 3.63) is 94.7 Å². The normalized spacial score (nSPS) is 21.2. The maximum absolute atomic E-state index is 13.7. The SMILES string of the molecule is CN1c2ccccc2C2(C)CCN(C(=O)Cn3c[n+](Cc4ccccc4Br)c4ccccc43)C12. The van der Waals surface area contributed by atoms with Crippen LogP contribution in [0.4, 0.5) is 5.69 Å². The molecule has 0 radical (unpaired) electrons. The molecule has 1 aromatic heterocycles. The van der Waals surface area contributed by atoms with E-state index in [2.05, 4.69) is 116 Å². The lowest BCUT2D eigenvalue weighted by Crippen LogP contribution is -2.50. The van der Waals surface area contributed by atoms with Gasteiger partial charge in [-0.05, 0) is 36.2 Å². The first-order valence-electron chi connectivity index (χ1n) is 11.8. The molecule has 172 valence electrons. The predicted molar refractivity (Wildman–Crippen MR) is 138 cm³/mol. The van der Waals surface area contributed by atoms with Crippen molar-refractivity contribution in [2.45, 2.75) is 38.0 Å². The maximum atomic E-state index is 13.7. The quantitative estimate of drug-likeness (QED) is 0.369. The highest BCUT2D eigenvalue weighted by Crippen LogP contribution is 2.51. The van der Waals surface area contributed by atoms with Crippen LogP contribution in [0.5, 0.6) is 0 Å². The average molecular weight is 516 g/mol. The van der Waals surface area contributed by atoms with E-state index < -0.39 is 0 Å². The minimum Gasteiger partial charge on any atom is -0.353 e. The van der Waals surface area contributed by atoms with E-state index in [1.807, 2.05) is 12.1 Å². The van der Waals surface area contributed by atoms with Gasteiger partial charge in [0, 0.05) is 34.7 Å². The van der Waals surface area contributed by atoms with Crippen molar-refractivity contribution in [2.24, 2.45) is 0 Å². The molecule has 2 aliphatic rings. The van der Waals surface area contributed by atoms with Crippen molar-refractivity contribution in [1.29, 1.82) is 0 Å². The molecule has 3 aromatic carbocycles. The Morgan fingerprint density at radius 1 is 1.06 bits per heavy atom. The number of carbonyl (C=O) groups is 1. The van der Waals surface area contributed by atoms with Gasteiger partial charge in [-0.25, -0.2) is 9.13 Å². The van der Waals surface area contributed by atoms with Crippen LogP contribution in [0.2, 0.25) is 0 Å². The Labute approximate surface area is 208 Å². The van der Waals surface area contributed by atoms with Crippen molar-refractivity contribution in [2.75, 3.05) is 18.5 Å². The number of hydrogen-bond acceptors (Lipinski definition) is 2. The summed E-state index contributed by atoms with van der Waals surface area (Å²) in [6.07, 6.45) is 3.13. The topological polar surface area (TPSA) is 32.4 Å². The van der Waals surface area contributed by atoms with Crippen LogP contribution in [0, 0.1) is 0 Å². The van der Waals surface area contributed by atoms with Gasteiger partial charge in [-0.1, -0.05) is 71.4 Å². The number of rotatable bonds is 4. The zero-order valence-corrected chi connectivity index (χ0v) is 21.1. The van der Waals surface area contributed by atoms with Gasteiger partial charge < -0.3 is 9.80 Å². The number of nitrogens with zero attached hydrogens (tertiary/aromatic N) is 4. The number of likely N-dealkylation sites (N-methyl/N-ethyl adjacent to an activating group) is 1. The van der Waals surface area contributed by atoms with Crippen LogP contribution in [0.25, 0.3) is 11.0 Å². The molecule has 0 spiro atoms. The third-order valence-electron chi connectivity index (χ3n) is 7.71. The largest absolute Gasteiger partial charge is 0.353 e. The molecule has 3 heterocycles. The summed E-state index contributed by atoms with van der Waals surface area (Å²) in [5.74, 6) is 0.169. The Morgan fingerprint density at radius 3 is 2.65 bits per heavy atom. The number of anilines is 1. The number of halogens is 1. The van der Waals surface area contributed by atoms with Crippen LogP contribution in [-0.2, 0) is 23.3 Å². The second kappa shape index (κ2) is 7.98. The summed E-state index contributed by atoms with van der Waals surface area (Å²) in [4.78, 5) is 18.1. The number of para-hydroxylation sites is 3. The highest BCUT2D eigenvalue weighted by molar-refractivity contribution is 9.10. The van der Waals surface area contributed by atoms with Crippen molar-refractivity contribution < 1.29 is 9.36 Å². The summed E-state index contributed by atoms with van der Waals surface area (Å²) in [7, 11) is 2.12. The van der Waals surface area contributed by atoms with Gasteiger partial charge in [0.05, 0.1) is 0 Å². The van der Waals surface area contributed by atoms with Crippen LogP contribution in [0.15, 0.2) is 83.6 Å². The van der Waals surface area contributed by atoms with Gasteiger partial charge in [0.2, 0.25) is 6.33 Å². The first kappa shape index (κ1) is 21.4. The molecule has 2 aliphatic heterocycles. The molecule has 0 aliphatic carbocycles. The molecular weight excluding hydrogens is 488 g/mol. The first-order valence-corrected chi connectivity index (χ1v) is 12.6. The van der Waals surface area contributed by atoms with Gasteiger partial charge in [0.25, 0.3) is 5.91 Å². The van der Waals surface area contributed by atoms with Crippen LogP contribution in [0.1, 0.15) is 24.5 Å². The van der Waals surface area contributed by atoms with E-state index in [1.165, 1.54) is 16.8 Å². The van der Waals surface area contributed by atoms with Gasteiger partial charge in [-0.3, -0.25) is 4.79 Å². The Kier molecular flexibility index (Phi) is 5.03. The molecule has 0 N–H and O–H groups in total. The fourth-order valence-electron chi connectivity index (χ4n) is 6.06. The Morgan fingerprint density at radius 2 is 1.79 bits per heavy atom. The average Bonchev–Trinajstić information content (AvgIpc) is 3.45. The molecule has 1 amide bonds. The molecule has 34 heavy (non-hydrogen) atoms. The summed E-state index contributed by atoms with van der Waals surface area (Å²) >= 11 is 3.67. The number of carbonyl (C=O) groups excluding carboxylic acids is 1. The molecule has 2 unspecified atom stereocenters. The molecule has 0 bridgehead atoms. The zero-order chi connectivity index (χ0) is 23.4. The molecule has 1 fully saturated rings. The molecule has 4 aromatic rings. The van der Waals surface area contributed by atoms with E-state index in [0.717, 1.165) is 35.0 Å².